The van der Waals surface area contributed by atoms with Crippen LogP contribution in [0.25, 0.3) is 21.3 Å². The zero-order valence-corrected chi connectivity index (χ0v) is 16.9. The second kappa shape index (κ2) is 7.92. The Morgan fingerprint density at radius 1 is 1.27 bits per heavy atom. The van der Waals surface area contributed by atoms with Gasteiger partial charge in [0.2, 0.25) is 0 Å². The van der Waals surface area contributed by atoms with Crippen LogP contribution in [0.5, 0.6) is 10.9 Å². The summed E-state index contributed by atoms with van der Waals surface area (Å²) in [7, 11) is 0. The molecular weight excluding hydrogens is 404 g/mol. The van der Waals surface area contributed by atoms with Crippen LogP contribution in [0.2, 0.25) is 0 Å². The van der Waals surface area contributed by atoms with Crippen molar-refractivity contribution in [2.75, 3.05) is 13.1 Å². The lowest BCUT2D eigenvalue weighted by Crippen LogP contribution is -2.38. The Bertz CT molecular complexity index is 1160. The Kier molecular flexibility index (Phi) is 4.97. The van der Waals surface area contributed by atoms with Crippen LogP contribution in [-0.4, -0.2) is 40.2 Å². The topological polar surface area (TPSA) is 104 Å². The lowest BCUT2D eigenvalue weighted by atomic mass is 10.1. The first-order valence-corrected chi connectivity index (χ1v) is 10.5. The van der Waals surface area contributed by atoms with Gasteiger partial charge in [0, 0.05) is 24.7 Å². The highest BCUT2D eigenvalue weighted by Gasteiger charge is 2.22. The highest BCUT2D eigenvalue weighted by molar-refractivity contribution is 7.20. The number of nitrogens with two attached hydrogens (primary N) is 1. The number of ether oxygens (including phenoxy) is 2. The van der Waals surface area contributed by atoms with Gasteiger partial charge in [0.15, 0.2) is 5.65 Å². The zero-order valence-electron chi connectivity index (χ0n) is 16.1. The molecule has 0 bridgehead atoms. The number of hydrogen-bond donors (Lipinski definition) is 1. The van der Waals surface area contributed by atoms with E-state index in [0.29, 0.717) is 23.1 Å². The van der Waals surface area contributed by atoms with Crippen LogP contribution < -0.4 is 10.5 Å². The van der Waals surface area contributed by atoms with E-state index in [1.807, 2.05) is 36.4 Å². The average Bonchev–Trinajstić information content (AvgIpc) is 3.31. The Hall–Kier alpha value is -3.17. The maximum atomic E-state index is 10.9. The molecule has 1 aliphatic rings. The van der Waals surface area contributed by atoms with Gasteiger partial charge in [-0.3, -0.25) is 4.90 Å². The number of rotatable bonds is 5. The third kappa shape index (κ3) is 4.07. The number of carbonyl (C=O) groups is 1. The molecule has 1 saturated heterocycles. The number of nitrogens with zero attached hydrogens (tertiary/aromatic N) is 3. The van der Waals surface area contributed by atoms with E-state index in [0.717, 1.165) is 47.4 Å². The van der Waals surface area contributed by atoms with Crippen molar-refractivity contribution in [2.45, 2.75) is 25.5 Å². The second-order valence-corrected chi connectivity index (χ2v) is 8.22. The molecule has 154 valence electrons. The molecule has 0 saturated carbocycles. The fourth-order valence-electron chi connectivity index (χ4n) is 3.68. The summed E-state index contributed by atoms with van der Waals surface area (Å²) in [4.78, 5) is 21.8. The van der Waals surface area contributed by atoms with E-state index in [4.69, 9.17) is 19.6 Å². The van der Waals surface area contributed by atoms with Gasteiger partial charge in [-0.05, 0) is 49.2 Å². The minimum absolute atomic E-state index is 0.0909. The second-order valence-electron chi connectivity index (χ2n) is 7.23. The zero-order chi connectivity index (χ0) is 20.5. The van der Waals surface area contributed by atoms with Gasteiger partial charge >= 0.3 is 6.09 Å². The molecule has 8 nitrogen and oxygen atoms in total. The molecule has 5 rings (SSSR count). The third-order valence-electron chi connectivity index (χ3n) is 5.09. The number of aromatic nitrogens is 2. The van der Waals surface area contributed by atoms with Crippen molar-refractivity contribution in [3.05, 3.63) is 48.4 Å². The number of amides is 1. The van der Waals surface area contributed by atoms with E-state index in [9.17, 15) is 4.79 Å². The molecule has 1 aliphatic heterocycles. The van der Waals surface area contributed by atoms with Crippen LogP contribution >= 0.6 is 11.3 Å². The number of furan rings is 1. The number of carbonyl (C=O) groups excluding carboxylic acids is 1. The summed E-state index contributed by atoms with van der Waals surface area (Å²) in [5, 5.41) is 1.54. The van der Waals surface area contributed by atoms with Crippen LogP contribution in [-0.2, 0) is 11.3 Å². The fraction of sp³-hybridized carbons (Fsp3) is 0.286. The van der Waals surface area contributed by atoms with Crippen molar-refractivity contribution in [3.63, 3.8) is 0 Å². The minimum atomic E-state index is -0.703. The molecule has 1 amide bonds. The molecule has 0 atom stereocenters. The van der Waals surface area contributed by atoms with Crippen LogP contribution in [0.1, 0.15) is 18.6 Å². The van der Waals surface area contributed by atoms with Crippen LogP contribution in [0.15, 0.2) is 47.0 Å². The van der Waals surface area contributed by atoms with Crippen molar-refractivity contribution < 1.29 is 18.7 Å². The summed E-state index contributed by atoms with van der Waals surface area (Å²) < 4.78 is 18.0. The number of primary amides is 1. The maximum Gasteiger partial charge on any atom is 0.404 e. The molecule has 9 heteroatoms. The summed E-state index contributed by atoms with van der Waals surface area (Å²) in [6.07, 6.45) is 2.48. The van der Waals surface area contributed by atoms with Crippen LogP contribution in [0, 0.1) is 0 Å². The third-order valence-corrected chi connectivity index (χ3v) is 5.97. The number of fused-ring (bicyclic) bond motifs is 2. The van der Waals surface area contributed by atoms with Gasteiger partial charge in [-0.25, -0.2) is 9.78 Å². The molecule has 30 heavy (non-hydrogen) atoms. The van der Waals surface area contributed by atoms with E-state index in [1.54, 1.807) is 6.20 Å². The van der Waals surface area contributed by atoms with E-state index < -0.39 is 6.09 Å². The standard InChI is InChI=1S/C21H20N4O4S/c22-20(26)28-14-5-8-25(9-6-14)12-16-11-13-10-15(3-4-17(13)27-16)29-21-24-19-18(30-21)2-1-7-23-19/h1-4,7,10-11,14H,5-6,8-9,12H2,(H2,22,26). The van der Waals surface area contributed by atoms with Gasteiger partial charge < -0.3 is 19.6 Å². The molecule has 2 N–H and O–H groups in total. The van der Waals surface area contributed by atoms with Crippen molar-refractivity contribution in [3.8, 4) is 10.9 Å². The highest BCUT2D eigenvalue weighted by Crippen LogP contribution is 2.32. The normalized spacial score (nSPS) is 15.6. The SMILES string of the molecule is NC(=O)OC1CCN(Cc2cc3cc(Oc4nc5ncccc5s4)ccc3o2)CC1. The van der Waals surface area contributed by atoms with Gasteiger partial charge in [0.1, 0.15) is 23.2 Å². The lowest BCUT2D eigenvalue weighted by Gasteiger charge is -2.30. The number of likely N-dealkylation sites (tertiary alicyclic amines) is 1. The molecule has 0 radical (unpaired) electrons. The average molecular weight is 424 g/mol. The summed E-state index contributed by atoms with van der Waals surface area (Å²) >= 11 is 1.46. The van der Waals surface area contributed by atoms with Crippen molar-refractivity contribution in [1.29, 1.82) is 0 Å². The maximum absolute atomic E-state index is 10.9. The van der Waals surface area contributed by atoms with Crippen molar-refractivity contribution in [1.82, 2.24) is 14.9 Å². The predicted molar refractivity (Wildman–Crippen MR) is 113 cm³/mol. The van der Waals surface area contributed by atoms with E-state index in [1.165, 1.54) is 11.3 Å². The monoisotopic (exact) mass is 424 g/mol. The van der Waals surface area contributed by atoms with Gasteiger partial charge in [0.25, 0.3) is 5.19 Å². The molecule has 4 aromatic rings. The highest BCUT2D eigenvalue weighted by atomic mass is 32.1. The number of benzene rings is 1. The Labute approximate surface area is 176 Å². The Balaban J connectivity index is 1.25. The number of thiazole rings is 1. The largest absolute Gasteiger partial charge is 0.460 e. The molecule has 0 spiro atoms. The van der Waals surface area contributed by atoms with Crippen LogP contribution in [0.4, 0.5) is 4.79 Å². The molecular formula is C21H20N4O4S. The lowest BCUT2D eigenvalue weighted by molar-refractivity contribution is 0.0523. The first kappa shape index (κ1) is 18.8. The predicted octanol–water partition coefficient (Wildman–Crippen LogP) is 4.29. The van der Waals surface area contributed by atoms with Crippen LogP contribution in [0.3, 0.4) is 0 Å². The Morgan fingerprint density at radius 3 is 2.93 bits per heavy atom. The van der Waals surface area contributed by atoms with Gasteiger partial charge in [-0.1, -0.05) is 11.3 Å². The first-order chi connectivity index (χ1) is 14.6. The fourth-order valence-corrected chi connectivity index (χ4v) is 4.48. The molecule has 0 aliphatic carbocycles. The summed E-state index contributed by atoms with van der Waals surface area (Å²) in [5.41, 5.74) is 6.60. The minimum Gasteiger partial charge on any atom is -0.460 e. The number of pyridine rings is 1. The summed E-state index contributed by atoms with van der Waals surface area (Å²) in [6, 6.07) is 11.6. The first-order valence-electron chi connectivity index (χ1n) is 9.73. The molecule has 4 heterocycles. The number of piperidine rings is 1. The van der Waals surface area contributed by atoms with E-state index in [2.05, 4.69) is 14.9 Å². The molecule has 0 unspecified atom stereocenters. The molecule has 3 aromatic heterocycles. The summed E-state index contributed by atoms with van der Waals surface area (Å²) in [5.74, 6) is 1.60. The quantitative estimate of drug-likeness (QED) is 0.510. The van der Waals surface area contributed by atoms with Gasteiger partial charge in [-0.2, -0.15) is 4.98 Å². The number of hydrogen-bond acceptors (Lipinski definition) is 8. The van der Waals surface area contributed by atoms with Gasteiger partial charge in [-0.15, -0.1) is 0 Å². The van der Waals surface area contributed by atoms with E-state index >= 15 is 0 Å². The Morgan fingerprint density at radius 2 is 2.13 bits per heavy atom. The smallest absolute Gasteiger partial charge is 0.404 e. The molecule has 1 aromatic carbocycles. The summed E-state index contributed by atoms with van der Waals surface area (Å²) in [6.45, 7) is 2.36. The van der Waals surface area contributed by atoms with Gasteiger partial charge in [0.05, 0.1) is 11.2 Å². The van der Waals surface area contributed by atoms with Crippen molar-refractivity contribution >= 4 is 38.7 Å². The van der Waals surface area contributed by atoms with E-state index in [-0.39, 0.29) is 6.10 Å². The van der Waals surface area contributed by atoms with Crippen molar-refractivity contribution in [2.24, 2.45) is 5.73 Å². The molecule has 1 fully saturated rings.